The molecule has 0 radical (unpaired) electrons. The Morgan fingerprint density at radius 1 is 1.50 bits per heavy atom. The predicted molar refractivity (Wildman–Crippen MR) is 69.8 cm³/mol. The fourth-order valence-corrected chi connectivity index (χ4v) is 2.39. The molecule has 0 aliphatic carbocycles. The summed E-state index contributed by atoms with van der Waals surface area (Å²) in [5.74, 6) is -0.0581. The van der Waals surface area contributed by atoms with E-state index in [1.54, 1.807) is 12.1 Å². The van der Waals surface area contributed by atoms with Gasteiger partial charge in [0.25, 0.3) is 0 Å². The van der Waals surface area contributed by atoms with Crippen LogP contribution in [0.15, 0.2) is 18.3 Å². The summed E-state index contributed by atoms with van der Waals surface area (Å²) in [4.78, 5) is 16.4. The molecule has 0 saturated carbocycles. The molecule has 1 aliphatic rings. The SMILES string of the molecule is CN(c1cccnc1[N+](=O)[O-])C1CCCNCC1. The Labute approximate surface area is 106 Å². The molecule has 98 valence electrons. The van der Waals surface area contributed by atoms with Crippen molar-refractivity contribution in [2.45, 2.75) is 25.3 Å². The van der Waals surface area contributed by atoms with Crippen molar-refractivity contribution in [3.63, 3.8) is 0 Å². The number of hydrogen-bond acceptors (Lipinski definition) is 5. The van der Waals surface area contributed by atoms with E-state index >= 15 is 0 Å². The Hall–Kier alpha value is -1.69. The van der Waals surface area contributed by atoms with E-state index in [4.69, 9.17) is 0 Å². The summed E-state index contributed by atoms with van der Waals surface area (Å²) in [5.41, 5.74) is 0.606. The van der Waals surface area contributed by atoms with E-state index in [1.807, 2.05) is 11.9 Å². The largest absolute Gasteiger partial charge is 0.387 e. The number of aromatic nitrogens is 1. The first kappa shape index (κ1) is 12.8. The van der Waals surface area contributed by atoms with Crippen molar-refractivity contribution in [1.29, 1.82) is 0 Å². The molecule has 6 heteroatoms. The normalized spacial score (nSPS) is 20.2. The van der Waals surface area contributed by atoms with Gasteiger partial charge in [0.15, 0.2) is 0 Å². The number of nitrogens with one attached hydrogen (secondary N) is 1. The predicted octanol–water partition coefficient (Wildman–Crippen LogP) is 1.57. The third-order valence-electron chi connectivity index (χ3n) is 3.41. The molecule has 18 heavy (non-hydrogen) atoms. The molecular formula is C12H18N4O2. The van der Waals surface area contributed by atoms with Gasteiger partial charge < -0.3 is 20.3 Å². The molecule has 0 bridgehead atoms. The van der Waals surface area contributed by atoms with Crippen molar-refractivity contribution in [1.82, 2.24) is 10.3 Å². The molecule has 1 saturated heterocycles. The Bertz CT molecular complexity index is 416. The highest BCUT2D eigenvalue weighted by molar-refractivity contribution is 5.59. The molecule has 1 unspecified atom stereocenters. The minimum atomic E-state index is -0.416. The molecule has 1 aliphatic heterocycles. The molecule has 1 N–H and O–H groups in total. The van der Waals surface area contributed by atoms with Crippen LogP contribution in [-0.2, 0) is 0 Å². The molecule has 6 nitrogen and oxygen atoms in total. The lowest BCUT2D eigenvalue weighted by molar-refractivity contribution is -0.388. The molecule has 1 atom stereocenters. The van der Waals surface area contributed by atoms with Gasteiger partial charge in [0.1, 0.15) is 11.9 Å². The summed E-state index contributed by atoms with van der Waals surface area (Å²) in [5, 5.41) is 14.3. The van der Waals surface area contributed by atoms with Crippen molar-refractivity contribution in [2.75, 3.05) is 25.0 Å². The minimum absolute atomic E-state index is 0.0581. The minimum Gasteiger partial charge on any atom is -0.365 e. The topological polar surface area (TPSA) is 71.3 Å². The van der Waals surface area contributed by atoms with Crippen LogP contribution in [-0.4, -0.2) is 36.1 Å². The van der Waals surface area contributed by atoms with Crippen LogP contribution < -0.4 is 10.2 Å². The number of rotatable bonds is 3. The lowest BCUT2D eigenvalue weighted by Crippen LogP contribution is -2.33. The average molecular weight is 250 g/mol. The Morgan fingerprint density at radius 3 is 3.11 bits per heavy atom. The fraction of sp³-hybridized carbons (Fsp3) is 0.583. The summed E-state index contributed by atoms with van der Waals surface area (Å²) in [6.07, 6.45) is 4.62. The van der Waals surface area contributed by atoms with Crippen LogP contribution >= 0.6 is 0 Å². The number of nitrogens with zero attached hydrogens (tertiary/aromatic N) is 3. The van der Waals surface area contributed by atoms with Gasteiger partial charge in [-0.25, -0.2) is 0 Å². The maximum Gasteiger partial charge on any atom is 0.387 e. The number of pyridine rings is 1. The van der Waals surface area contributed by atoms with Gasteiger partial charge in [0.05, 0.1) is 0 Å². The lowest BCUT2D eigenvalue weighted by atomic mass is 10.1. The van der Waals surface area contributed by atoms with Crippen molar-refractivity contribution < 1.29 is 4.92 Å². The number of anilines is 1. The fourth-order valence-electron chi connectivity index (χ4n) is 2.39. The zero-order valence-corrected chi connectivity index (χ0v) is 10.5. The van der Waals surface area contributed by atoms with Crippen molar-refractivity contribution in [2.24, 2.45) is 0 Å². The maximum absolute atomic E-state index is 11.0. The van der Waals surface area contributed by atoms with Crippen LogP contribution in [0.3, 0.4) is 0 Å². The Balaban J connectivity index is 2.21. The monoisotopic (exact) mass is 250 g/mol. The molecule has 2 rings (SSSR count). The third-order valence-corrected chi connectivity index (χ3v) is 3.41. The highest BCUT2D eigenvalue weighted by Gasteiger charge is 2.24. The van der Waals surface area contributed by atoms with E-state index in [0.29, 0.717) is 11.7 Å². The zero-order valence-electron chi connectivity index (χ0n) is 10.5. The average Bonchev–Trinajstić information content (AvgIpc) is 2.66. The van der Waals surface area contributed by atoms with E-state index in [1.165, 1.54) is 6.20 Å². The van der Waals surface area contributed by atoms with Crippen molar-refractivity contribution in [3.8, 4) is 0 Å². The summed E-state index contributed by atoms with van der Waals surface area (Å²) in [6, 6.07) is 3.85. The van der Waals surface area contributed by atoms with Gasteiger partial charge in [0, 0.05) is 13.1 Å². The van der Waals surface area contributed by atoms with Gasteiger partial charge in [-0.1, -0.05) is 0 Å². The molecule has 2 heterocycles. The van der Waals surface area contributed by atoms with E-state index in [9.17, 15) is 10.1 Å². The highest BCUT2D eigenvalue weighted by Crippen LogP contribution is 2.27. The second-order valence-electron chi connectivity index (χ2n) is 4.55. The summed E-state index contributed by atoms with van der Waals surface area (Å²) >= 11 is 0. The first-order chi connectivity index (χ1) is 8.70. The third kappa shape index (κ3) is 2.76. The van der Waals surface area contributed by atoms with E-state index in [0.717, 1.165) is 32.4 Å². The van der Waals surface area contributed by atoms with Crippen LogP contribution in [0.5, 0.6) is 0 Å². The quantitative estimate of drug-likeness (QED) is 0.651. The Kier molecular flexibility index (Phi) is 4.09. The maximum atomic E-state index is 11.0. The van der Waals surface area contributed by atoms with Crippen LogP contribution in [0.1, 0.15) is 19.3 Å². The van der Waals surface area contributed by atoms with E-state index < -0.39 is 4.92 Å². The number of nitro groups is 1. The smallest absolute Gasteiger partial charge is 0.365 e. The highest BCUT2D eigenvalue weighted by atomic mass is 16.6. The zero-order chi connectivity index (χ0) is 13.0. The molecule has 1 fully saturated rings. The van der Waals surface area contributed by atoms with Crippen LogP contribution in [0, 0.1) is 10.1 Å². The van der Waals surface area contributed by atoms with Gasteiger partial charge in [-0.15, -0.1) is 0 Å². The summed E-state index contributed by atoms with van der Waals surface area (Å²) in [6.45, 7) is 1.99. The second kappa shape index (κ2) is 5.77. The molecule has 1 aromatic heterocycles. The van der Waals surface area contributed by atoms with Gasteiger partial charge in [0.2, 0.25) is 0 Å². The Morgan fingerprint density at radius 2 is 2.33 bits per heavy atom. The van der Waals surface area contributed by atoms with Crippen molar-refractivity contribution in [3.05, 3.63) is 28.4 Å². The van der Waals surface area contributed by atoms with E-state index in [-0.39, 0.29) is 5.82 Å². The van der Waals surface area contributed by atoms with Crippen LogP contribution in [0.25, 0.3) is 0 Å². The second-order valence-corrected chi connectivity index (χ2v) is 4.55. The lowest BCUT2D eigenvalue weighted by Gasteiger charge is -2.28. The van der Waals surface area contributed by atoms with Gasteiger partial charge in [-0.2, -0.15) is 0 Å². The first-order valence-electron chi connectivity index (χ1n) is 6.23. The summed E-state index contributed by atoms with van der Waals surface area (Å²) in [7, 11) is 1.92. The molecule has 1 aromatic rings. The summed E-state index contributed by atoms with van der Waals surface area (Å²) < 4.78 is 0. The molecular weight excluding hydrogens is 232 g/mol. The van der Waals surface area contributed by atoms with Gasteiger partial charge in [-0.3, -0.25) is 0 Å². The number of hydrogen-bond donors (Lipinski definition) is 1. The first-order valence-corrected chi connectivity index (χ1v) is 6.23. The standard InChI is InChI=1S/C12H18N4O2/c1-15(10-4-2-7-13-9-6-10)11-5-3-8-14-12(11)16(17)18/h3,5,8,10,13H,2,4,6-7,9H2,1H3. The molecule has 0 amide bonds. The van der Waals surface area contributed by atoms with Crippen LogP contribution in [0.2, 0.25) is 0 Å². The van der Waals surface area contributed by atoms with Crippen molar-refractivity contribution >= 4 is 11.5 Å². The van der Waals surface area contributed by atoms with Gasteiger partial charge in [-0.05, 0) is 54.4 Å². The molecule has 0 spiro atoms. The van der Waals surface area contributed by atoms with Gasteiger partial charge >= 0.3 is 5.82 Å². The van der Waals surface area contributed by atoms with E-state index in [2.05, 4.69) is 10.3 Å². The van der Waals surface area contributed by atoms with Crippen LogP contribution in [0.4, 0.5) is 11.5 Å². The molecule has 0 aromatic carbocycles.